The molecule has 1 atom stereocenters. The van der Waals surface area contributed by atoms with Gasteiger partial charge in [0.05, 0.1) is 17.7 Å². The molecule has 0 unspecified atom stereocenters. The number of nitrogens with one attached hydrogen (secondary N) is 1. The Balaban J connectivity index is 1.60. The third-order valence-electron chi connectivity index (χ3n) is 8.87. The maximum atomic E-state index is 14.8. The van der Waals surface area contributed by atoms with Crippen molar-refractivity contribution in [1.82, 2.24) is 10.2 Å². The molecule has 0 spiro atoms. The van der Waals surface area contributed by atoms with Crippen LogP contribution >= 0.6 is 0 Å². The first-order valence-corrected chi connectivity index (χ1v) is 18.0. The Morgan fingerprint density at radius 1 is 0.812 bits per heavy atom. The number of methoxy groups -OCH3 is 1. The quantitative estimate of drug-likeness (QED) is 0.174. The van der Waals surface area contributed by atoms with E-state index in [2.05, 4.69) is 5.32 Å². The number of anilines is 1. The summed E-state index contributed by atoms with van der Waals surface area (Å²) in [6.45, 7) is 3.42. The standard InChI is InChI=1S/C39H45N3O5S/c1-29-14-13-17-32(24-29)27-41(36(26-31-15-7-4-8-16-31)39(44)40-33-18-9-5-10-19-33)38(43)28-42(35-25-30(2)22-23-37(35)47-3)48(45,46)34-20-11-6-12-21-34/h4,6-8,11-17,20-25,33,36H,5,9-10,18-19,26-28H2,1-3H3,(H,40,44)/t36-/m0/s1. The molecular weight excluding hydrogens is 623 g/mol. The van der Waals surface area contributed by atoms with Crippen molar-refractivity contribution in [2.24, 2.45) is 0 Å². The molecule has 0 saturated heterocycles. The van der Waals surface area contributed by atoms with Crippen LogP contribution < -0.4 is 14.4 Å². The lowest BCUT2D eigenvalue weighted by atomic mass is 9.94. The van der Waals surface area contributed by atoms with E-state index in [-0.39, 0.29) is 35.5 Å². The highest BCUT2D eigenvalue weighted by molar-refractivity contribution is 7.92. The second kappa shape index (κ2) is 16.0. The van der Waals surface area contributed by atoms with Crippen molar-refractivity contribution in [1.29, 1.82) is 0 Å². The first-order chi connectivity index (χ1) is 23.2. The van der Waals surface area contributed by atoms with Gasteiger partial charge >= 0.3 is 0 Å². The van der Waals surface area contributed by atoms with Crippen molar-refractivity contribution >= 4 is 27.5 Å². The maximum absolute atomic E-state index is 14.8. The molecule has 4 aromatic rings. The van der Waals surface area contributed by atoms with Crippen LogP contribution in [0, 0.1) is 13.8 Å². The minimum absolute atomic E-state index is 0.0342. The van der Waals surface area contributed by atoms with Crippen LogP contribution in [0.5, 0.6) is 5.75 Å². The van der Waals surface area contributed by atoms with Crippen LogP contribution in [-0.4, -0.2) is 50.9 Å². The molecule has 0 heterocycles. The molecule has 1 aliphatic carbocycles. The van der Waals surface area contributed by atoms with Gasteiger partial charge < -0.3 is 15.0 Å². The second-order valence-electron chi connectivity index (χ2n) is 12.6. The predicted molar refractivity (Wildman–Crippen MR) is 189 cm³/mol. The Kier molecular flexibility index (Phi) is 11.5. The van der Waals surface area contributed by atoms with Gasteiger partial charge in [0.25, 0.3) is 10.0 Å². The summed E-state index contributed by atoms with van der Waals surface area (Å²) in [6.07, 6.45) is 5.30. The SMILES string of the molecule is COc1ccc(C)cc1N(CC(=O)N(Cc1cccc(C)c1)[C@@H](Cc1ccccc1)C(=O)NC1CCCCC1)S(=O)(=O)c1ccccc1. The average Bonchev–Trinajstić information content (AvgIpc) is 3.09. The molecule has 1 N–H and O–H groups in total. The van der Waals surface area contributed by atoms with E-state index in [1.807, 2.05) is 74.5 Å². The minimum atomic E-state index is -4.23. The summed E-state index contributed by atoms with van der Waals surface area (Å²) in [5, 5.41) is 3.25. The molecule has 2 amide bonds. The van der Waals surface area contributed by atoms with Crippen LogP contribution in [0.4, 0.5) is 5.69 Å². The van der Waals surface area contributed by atoms with Crippen LogP contribution in [0.2, 0.25) is 0 Å². The molecule has 1 fully saturated rings. The zero-order valence-electron chi connectivity index (χ0n) is 28.0. The highest BCUT2D eigenvalue weighted by Gasteiger charge is 2.36. The lowest BCUT2D eigenvalue weighted by Gasteiger charge is -2.35. The fourth-order valence-electron chi connectivity index (χ4n) is 6.33. The van der Waals surface area contributed by atoms with Crippen molar-refractivity contribution in [3.63, 3.8) is 0 Å². The Bertz CT molecular complexity index is 1790. The van der Waals surface area contributed by atoms with Gasteiger partial charge in [0, 0.05) is 19.0 Å². The van der Waals surface area contributed by atoms with Crippen LogP contribution in [0.1, 0.15) is 54.4 Å². The molecule has 0 radical (unpaired) electrons. The van der Waals surface area contributed by atoms with E-state index < -0.39 is 28.5 Å². The van der Waals surface area contributed by atoms with Crippen LogP contribution in [0.3, 0.4) is 0 Å². The summed E-state index contributed by atoms with van der Waals surface area (Å²) >= 11 is 0. The van der Waals surface area contributed by atoms with E-state index in [9.17, 15) is 18.0 Å². The number of ether oxygens (including phenoxy) is 1. The van der Waals surface area contributed by atoms with Gasteiger partial charge in [0.1, 0.15) is 18.3 Å². The van der Waals surface area contributed by atoms with Crippen LogP contribution in [-0.2, 0) is 32.6 Å². The number of carbonyl (C=O) groups excluding carboxylic acids is 2. The number of aryl methyl sites for hydroxylation is 2. The molecule has 4 aromatic carbocycles. The predicted octanol–water partition coefficient (Wildman–Crippen LogP) is 6.60. The Labute approximate surface area is 284 Å². The Morgan fingerprint density at radius 3 is 2.12 bits per heavy atom. The average molecular weight is 668 g/mol. The van der Waals surface area contributed by atoms with E-state index >= 15 is 0 Å². The van der Waals surface area contributed by atoms with Crippen molar-refractivity contribution < 1.29 is 22.7 Å². The van der Waals surface area contributed by atoms with Gasteiger partial charge in [-0.15, -0.1) is 0 Å². The van der Waals surface area contributed by atoms with Gasteiger partial charge in [-0.25, -0.2) is 8.42 Å². The number of benzene rings is 4. The Morgan fingerprint density at radius 2 is 1.46 bits per heavy atom. The highest BCUT2D eigenvalue weighted by Crippen LogP contribution is 2.34. The molecule has 1 saturated carbocycles. The lowest BCUT2D eigenvalue weighted by Crippen LogP contribution is -2.55. The molecule has 252 valence electrons. The van der Waals surface area contributed by atoms with E-state index in [0.717, 1.165) is 58.7 Å². The molecule has 0 aliphatic heterocycles. The van der Waals surface area contributed by atoms with Gasteiger partial charge in [-0.2, -0.15) is 0 Å². The molecule has 1 aliphatic rings. The highest BCUT2D eigenvalue weighted by atomic mass is 32.2. The molecule has 8 nitrogen and oxygen atoms in total. The van der Waals surface area contributed by atoms with Crippen LogP contribution in [0.15, 0.2) is 108 Å². The fraction of sp³-hybridized carbons (Fsp3) is 0.333. The lowest BCUT2D eigenvalue weighted by molar-refractivity contribution is -0.140. The molecule has 5 rings (SSSR count). The number of hydrogen-bond acceptors (Lipinski definition) is 5. The summed E-state index contributed by atoms with van der Waals surface area (Å²) in [5.74, 6) is -0.425. The summed E-state index contributed by atoms with van der Waals surface area (Å²) in [4.78, 5) is 30.7. The van der Waals surface area contributed by atoms with Crippen molar-refractivity contribution in [3.05, 3.63) is 125 Å². The summed E-state index contributed by atoms with van der Waals surface area (Å²) < 4.78 is 35.4. The molecule has 0 aromatic heterocycles. The first-order valence-electron chi connectivity index (χ1n) is 16.6. The molecule has 0 bridgehead atoms. The number of hydrogen-bond donors (Lipinski definition) is 1. The largest absolute Gasteiger partial charge is 0.495 e. The number of nitrogens with zero attached hydrogens (tertiary/aromatic N) is 2. The van der Waals surface area contributed by atoms with Crippen LogP contribution in [0.25, 0.3) is 0 Å². The topological polar surface area (TPSA) is 96.0 Å². The second-order valence-corrected chi connectivity index (χ2v) is 14.4. The summed E-state index contributed by atoms with van der Waals surface area (Å²) in [7, 11) is -2.76. The number of carbonyl (C=O) groups is 2. The maximum Gasteiger partial charge on any atom is 0.264 e. The third-order valence-corrected chi connectivity index (χ3v) is 10.6. The van der Waals surface area contributed by atoms with Crippen molar-refractivity contribution in [3.8, 4) is 5.75 Å². The minimum Gasteiger partial charge on any atom is -0.495 e. The fourth-order valence-corrected chi connectivity index (χ4v) is 7.77. The normalized spacial score (nSPS) is 14.1. The van der Waals surface area contributed by atoms with Gasteiger partial charge in [-0.1, -0.05) is 104 Å². The van der Waals surface area contributed by atoms with Crippen molar-refractivity contribution in [2.75, 3.05) is 18.0 Å². The van der Waals surface area contributed by atoms with E-state index in [1.54, 1.807) is 35.2 Å². The number of sulfonamides is 1. The smallest absolute Gasteiger partial charge is 0.264 e. The van der Waals surface area contributed by atoms with E-state index in [4.69, 9.17) is 4.74 Å². The third kappa shape index (κ3) is 8.63. The van der Waals surface area contributed by atoms with E-state index in [1.165, 1.54) is 19.2 Å². The summed E-state index contributed by atoms with van der Waals surface area (Å²) in [6, 6.07) is 29.9. The van der Waals surface area contributed by atoms with Gasteiger partial charge in [0.2, 0.25) is 11.8 Å². The van der Waals surface area contributed by atoms with Gasteiger partial charge in [0.15, 0.2) is 0 Å². The number of rotatable bonds is 13. The monoisotopic (exact) mass is 667 g/mol. The zero-order valence-corrected chi connectivity index (χ0v) is 28.8. The van der Waals surface area contributed by atoms with Gasteiger partial charge in [-0.05, 0) is 67.6 Å². The molecular formula is C39H45N3O5S. The Hall–Kier alpha value is -4.63. The zero-order chi connectivity index (χ0) is 34.1. The van der Waals surface area contributed by atoms with Crippen molar-refractivity contribution in [2.45, 2.75) is 75.9 Å². The summed E-state index contributed by atoms with van der Waals surface area (Å²) in [5.41, 5.74) is 3.81. The first kappa shape index (κ1) is 34.7. The molecule has 48 heavy (non-hydrogen) atoms. The van der Waals surface area contributed by atoms with E-state index in [0.29, 0.717) is 5.75 Å². The van der Waals surface area contributed by atoms with Gasteiger partial charge in [-0.3, -0.25) is 13.9 Å². The molecule has 9 heteroatoms. The number of amides is 2.